The smallest absolute Gasteiger partial charge is 0.230 e. The monoisotopic (exact) mass is 341 g/mol. The second-order valence-electron chi connectivity index (χ2n) is 5.10. The molecule has 0 atom stereocenters. The molecule has 3 rings (SSSR count). The molecular formula is C17H15N3O3S. The molecule has 2 aromatic carbocycles. The lowest BCUT2D eigenvalue weighted by Gasteiger charge is -2.09. The standard InChI is InChI=1S/C17H15N3O3S/c18-16(21)10-24-15-8-4-2-6-12(15)19-17(22)9-13-11-5-1-3-7-14(11)23-20-13/h1-8H,9-10H2,(H2,18,21)(H,19,22). The molecule has 0 radical (unpaired) electrons. The largest absolute Gasteiger partial charge is 0.369 e. The third kappa shape index (κ3) is 3.75. The molecule has 1 heterocycles. The second kappa shape index (κ2) is 7.18. The SMILES string of the molecule is NC(=O)CSc1ccccc1NC(=O)Cc1noc2ccccc12. The van der Waals surface area contributed by atoms with E-state index < -0.39 is 5.91 Å². The predicted octanol–water partition coefficient (Wildman–Crippen LogP) is 2.59. The van der Waals surface area contributed by atoms with E-state index in [0.717, 1.165) is 10.3 Å². The number of carbonyl (C=O) groups excluding carboxylic acids is 2. The number of aromatic nitrogens is 1. The van der Waals surface area contributed by atoms with Crippen molar-refractivity contribution in [2.45, 2.75) is 11.3 Å². The average molecular weight is 341 g/mol. The molecule has 0 fully saturated rings. The minimum atomic E-state index is -0.407. The fourth-order valence-electron chi connectivity index (χ4n) is 2.26. The number of nitrogens with two attached hydrogens (primary N) is 1. The van der Waals surface area contributed by atoms with Crippen LogP contribution < -0.4 is 11.1 Å². The number of hydrogen-bond acceptors (Lipinski definition) is 5. The number of benzene rings is 2. The zero-order valence-corrected chi connectivity index (χ0v) is 13.5. The normalized spacial score (nSPS) is 10.7. The zero-order valence-electron chi connectivity index (χ0n) is 12.7. The Bertz CT molecular complexity index is 891. The first-order valence-electron chi connectivity index (χ1n) is 7.27. The van der Waals surface area contributed by atoms with Crippen molar-refractivity contribution < 1.29 is 14.1 Å². The molecule has 0 aliphatic carbocycles. The van der Waals surface area contributed by atoms with Crippen LogP contribution in [0.1, 0.15) is 5.69 Å². The van der Waals surface area contributed by atoms with Gasteiger partial charge in [-0.2, -0.15) is 0 Å². The number of nitrogens with one attached hydrogen (secondary N) is 1. The molecule has 0 spiro atoms. The first-order valence-corrected chi connectivity index (χ1v) is 8.25. The lowest BCUT2D eigenvalue weighted by atomic mass is 10.1. The van der Waals surface area contributed by atoms with Crippen LogP contribution in [0.3, 0.4) is 0 Å². The van der Waals surface area contributed by atoms with E-state index in [2.05, 4.69) is 10.5 Å². The van der Waals surface area contributed by atoms with Crippen LogP contribution in [0.25, 0.3) is 11.0 Å². The van der Waals surface area contributed by atoms with Gasteiger partial charge in [-0.15, -0.1) is 11.8 Å². The molecule has 0 unspecified atom stereocenters. The summed E-state index contributed by atoms with van der Waals surface area (Å²) in [6.07, 6.45) is 0.103. The van der Waals surface area contributed by atoms with E-state index in [-0.39, 0.29) is 18.1 Å². The zero-order chi connectivity index (χ0) is 16.9. The minimum absolute atomic E-state index is 0.103. The van der Waals surface area contributed by atoms with Crippen molar-refractivity contribution in [3.8, 4) is 0 Å². The van der Waals surface area contributed by atoms with Gasteiger partial charge in [-0.3, -0.25) is 9.59 Å². The highest BCUT2D eigenvalue weighted by molar-refractivity contribution is 8.00. The minimum Gasteiger partial charge on any atom is -0.369 e. The van der Waals surface area contributed by atoms with E-state index in [0.29, 0.717) is 17.0 Å². The van der Waals surface area contributed by atoms with Crippen molar-refractivity contribution in [3.63, 3.8) is 0 Å². The summed E-state index contributed by atoms with van der Waals surface area (Å²) < 4.78 is 5.20. The molecule has 0 aliphatic rings. The first kappa shape index (κ1) is 16.1. The van der Waals surface area contributed by atoms with E-state index in [4.69, 9.17) is 10.3 Å². The van der Waals surface area contributed by atoms with Gasteiger partial charge >= 0.3 is 0 Å². The van der Waals surface area contributed by atoms with Crippen LogP contribution in [0.15, 0.2) is 57.9 Å². The molecule has 0 saturated carbocycles. The van der Waals surface area contributed by atoms with Crippen molar-refractivity contribution in [1.82, 2.24) is 5.16 Å². The quantitative estimate of drug-likeness (QED) is 0.672. The highest BCUT2D eigenvalue weighted by atomic mass is 32.2. The van der Waals surface area contributed by atoms with Crippen molar-refractivity contribution in [3.05, 3.63) is 54.2 Å². The molecular weight excluding hydrogens is 326 g/mol. The lowest BCUT2D eigenvalue weighted by Crippen LogP contribution is -2.16. The second-order valence-corrected chi connectivity index (χ2v) is 6.12. The molecule has 1 aromatic heterocycles. The van der Waals surface area contributed by atoms with Crippen molar-refractivity contribution in [1.29, 1.82) is 0 Å². The first-order chi connectivity index (χ1) is 11.6. The molecule has 3 aromatic rings. The van der Waals surface area contributed by atoms with Gasteiger partial charge in [-0.1, -0.05) is 29.4 Å². The van der Waals surface area contributed by atoms with E-state index in [1.165, 1.54) is 11.8 Å². The molecule has 24 heavy (non-hydrogen) atoms. The number of hydrogen-bond donors (Lipinski definition) is 2. The highest BCUT2D eigenvalue weighted by Gasteiger charge is 2.13. The van der Waals surface area contributed by atoms with Gasteiger partial charge in [0.2, 0.25) is 11.8 Å². The summed E-state index contributed by atoms with van der Waals surface area (Å²) in [6, 6.07) is 14.7. The maximum Gasteiger partial charge on any atom is 0.230 e. The van der Waals surface area contributed by atoms with Gasteiger partial charge in [0, 0.05) is 10.3 Å². The fourth-order valence-corrected chi connectivity index (χ4v) is 3.00. The van der Waals surface area contributed by atoms with Crippen LogP contribution >= 0.6 is 11.8 Å². The van der Waals surface area contributed by atoms with Crippen LogP contribution in [0.2, 0.25) is 0 Å². The number of para-hydroxylation sites is 2. The molecule has 0 saturated heterocycles. The summed E-state index contributed by atoms with van der Waals surface area (Å²) in [7, 11) is 0. The maximum absolute atomic E-state index is 12.3. The van der Waals surface area contributed by atoms with Crippen molar-refractivity contribution >= 4 is 40.2 Å². The predicted molar refractivity (Wildman–Crippen MR) is 92.7 cm³/mol. The number of thioether (sulfide) groups is 1. The van der Waals surface area contributed by atoms with Gasteiger partial charge in [-0.25, -0.2) is 0 Å². The number of anilines is 1. The summed E-state index contributed by atoms with van der Waals surface area (Å²) in [4.78, 5) is 24.0. The number of primary amides is 1. The van der Waals surface area contributed by atoms with Crippen LogP contribution in [0, 0.1) is 0 Å². The van der Waals surface area contributed by atoms with Crippen LogP contribution in [0.4, 0.5) is 5.69 Å². The fraction of sp³-hybridized carbons (Fsp3) is 0.118. The lowest BCUT2D eigenvalue weighted by molar-refractivity contribution is -0.116. The number of amides is 2. The highest BCUT2D eigenvalue weighted by Crippen LogP contribution is 2.27. The van der Waals surface area contributed by atoms with E-state index in [9.17, 15) is 9.59 Å². The van der Waals surface area contributed by atoms with Gasteiger partial charge < -0.3 is 15.6 Å². The van der Waals surface area contributed by atoms with E-state index in [1.54, 1.807) is 12.1 Å². The molecule has 122 valence electrons. The molecule has 3 N–H and O–H groups in total. The summed E-state index contributed by atoms with van der Waals surface area (Å²) >= 11 is 1.28. The van der Waals surface area contributed by atoms with Gasteiger partial charge in [-0.05, 0) is 24.3 Å². The van der Waals surface area contributed by atoms with Crippen molar-refractivity contribution in [2.24, 2.45) is 5.73 Å². The van der Waals surface area contributed by atoms with Crippen LogP contribution in [-0.2, 0) is 16.0 Å². The summed E-state index contributed by atoms with van der Waals surface area (Å²) in [5, 5.41) is 7.62. The molecule has 6 nitrogen and oxygen atoms in total. The van der Waals surface area contributed by atoms with Gasteiger partial charge in [0.15, 0.2) is 5.58 Å². The third-order valence-corrected chi connectivity index (χ3v) is 4.41. The number of nitrogens with zero attached hydrogens (tertiary/aromatic N) is 1. The van der Waals surface area contributed by atoms with Crippen molar-refractivity contribution in [2.75, 3.05) is 11.1 Å². The van der Waals surface area contributed by atoms with E-state index in [1.807, 2.05) is 36.4 Å². The Kier molecular flexibility index (Phi) is 4.81. The Morgan fingerprint density at radius 1 is 1.12 bits per heavy atom. The maximum atomic E-state index is 12.3. The molecule has 7 heteroatoms. The third-order valence-electron chi connectivity index (χ3n) is 3.31. The Labute approximate surface area is 142 Å². The Balaban J connectivity index is 1.72. The average Bonchev–Trinajstić information content (AvgIpc) is 2.97. The summed E-state index contributed by atoms with van der Waals surface area (Å²) in [5.41, 5.74) is 7.05. The van der Waals surface area contributed by atoms with E-state index >= 15 is 0 Å². The van der Waals surface area contributed by atoms with Gasteiger partial charge in [0.05, 0.1) is 17.9 Å². The molecule has 2 amide bonds. The molecule has 0 aliphatic heterocycles. The Morgan fingerprint density at radius 3 is 2.71 bits per heavy atom. The summed E-state index contributed by atoms with van der Waals surface area (Å²) in [6.45, 7) is 0. The number of carbonyl (C=O) groups is 2. The van der Waals surface area contributed by atoms with Gasteiger partial charge in [0.1, 0.15) is 5.69 Å². The number of fused-ring (bicyclic) bond motifs is 1. The Morgan fingerprint density at radius 2 is 1.88 bits per heavy atom. The number of rotatable bonds is 6. The summed E-state index contributed by atoms with van der Waals surface area (Å²) in [5.74, 6) is -0.461. The topological polar surface area (TPSA) is 98.2 Å². The van der Waals surface area contributed by atoms with Crippen LogP contribution in [-0.4, -0.2) is 22.7 Å². The Hall–Kier alpha value is -2.80. The molecule has 0 bridgehead atoms. The van der Waals surface area contributed by atoms with Crippen LogP contribution in [0.5, 0.6) is 0 Å². The van der Waals surface area contributed by atoms with Gasteiger partial charge in [0.25, 0.3) is 0 Å².